The molecule has 182 valence electrons. The van der Waals surface area contributed by atoms with E-state index in [1.54, 1.807) is 0 Å². The van der Waals surface area contributed by atoms with Crippen LogP contribution in [0.3, 0.4) is 0 Å². The summed E-state index contributed by atoms with van der Waals surface area (Å²) >= 11 is 0. The van der Waals surface area contributed by atoms with Gasteiger partial charge in [0.2, 0.25) is 0 Å². The first kappa shape index (κ1) is 23.7. The van der Waals surface area contributed by atoms with E-state index in [4.69, 9.17) is 9.31 Å². The second kappa shape index (κ2) is 8.46. The molecular formula is C30H34B2N2O2. The van der Waals surface area contributed by atoms with Crippen molar-refractivity contribution >= 4 is 46.6 Å². The van der Waals surface area contributed by atoms with Gasteiger partial charge < -0.3 is 18.9 Å². The standard InChI is InChI=1S/C30H34B2N2O2/c1-29(2)19-33(5)31(35-29)25-17-15-21-11-7-9-13-23(21)27(25)28-24-14-10-8-12-22(24)16-18-26(28)32-34(6)20-30(3,4)36-32/h7-18H,19-20H2,1-6H3. The highest BCUT2D eigenvalue weighted by Gasteiger charge is 2.45. The van der Waals surface area contributed by atoms with E-state index < -0.39 is 0 Å². The zero-order valence-corrected chi connectivity index (χ0v) is 22.2. The van der Waals surface area contributed by atoms with Crippen LogP contribution in [0.2, 0.25) is 0 Å². The van der Waals surface area contributed by atoms with Crippen molar-refractivity contribution in [1.82, 2.24) is 9.62 Å². The maximum Gasteiger partial charge on any atom is 0.419 e. The Morgan fingerprint density at radius 1 is 0.583 bits per heavy atom. The van der Waals surface area contributed by atoms with Crippen molar-refractivity contribution in [2.75, 3.05) is 27.2 Å². The molecule has 2 heterocycles. The van der Waals surface area contributed by atoms with Crippen LogP contribution in [0.4, 0.5) is 0 Å². The number of hydrogen-bond acceptors (Lipinski definition) is 4. The normalized spacial score (nSPS) is 20.2. The average molecular weight is 476 g/mol. The Balaban J connectivity index is 1.69. The lowest BCUT2D eigenvalue weighted by molar-refractivity contribution is 0.145. The van der Waals surface area contributed by atoms with E-state index in [-0.39, 0.29) is 25.3 Å². The lowest BCUT2D eigenvalue weighted by atomic mass is 9.63. The maximum atomic E-state index is 6.67. The van der Waals surface area contributed by atoms with Gasteiger partial charge in [-0.25, -0.2) is 0 Å². The molecule has 0 atom stereocenters. The summed E-state index contributed by atoms with van der Waals surface area (Å²) in [6.07, 6.45) is 0. The fourth-order valence-electron chi connectivity index (χ4n) is 6.37. The predicted molar refractivity (Wildman–Crippen MR) is 153 cm³/mol. The van der Waals surface area contributed by atoms with Gasteiger partial charge in [0.1, 0.15) is 0 Å². The van der Waals surface area contributed by atoms with Gasteiger partial charge in [0.05, 0.1) is 11.2 Å². The molecule has 6 heteroatoms. The minimum absolute atomic E-state index is 0.120. The second-order valence-electron chi connectivity index (χ2n) is 11.8. The topological polar surface area (TPSA) is 24.9 Å². The fourth-order valence-corrected chi connectivity index (χ4v) is 6.37. The van der Waals surface area contributed by atoms with E-state index >= 15 is 0 Å². The summed E-state index contributed by atoms with van der Waals surface area (Å²) in [5, 5.41) is 4.95. The number of nitrogens with zero attached hydrogens (tertiary/aromatic N) is 2. The molecule has 0 unspecified atom stereocenters. The van der Waals surface area contributed by atoms with Crippen LogP contribution in [-0.4, -0.2) is 62.1 Å². The molecule has 4 nitrogen and oxygen atoms in total. The first-order chi connectivity index (χ1) is 17.1. The number of hydrogen-bond donors (Lipinski definition) is 0. The molecule has 0 saturated carbocycles. The van der Waals surface area contributed by atoms with Crippen molar-refractivity contribution in [3.05, 3.63) is 72.8 Å². The third kappa shape index (κ3) is 3.97. The van der Waals surface area contributed by atoms with Gasteiger partial charge in [0.15, 0.2) is 0 Å². The molecule has 0 radical (unpaired) electrons. The molecule has 4 aromatic carbocycles. The molecule has 0 aliphatic carbocycles. The Kier molecular flexibility index (Phi) is 5.58. The quantitative estimate of drug-likeness (QED) is 0.406. The van der Waals surface area contributed by atoms with Crippen LogP contribution in [0.1, 0.15) is 27.7 Å². The Labute approximate surface area is 215 Å². The Bertz CT molecular complexity index is 1360. The first-order valence-corrected chi connectivity index (χ1v) is 12.9. The Morgan fingerprint density at radius 3 is 1.33 bits per heavy atom. The van der Waals surface area contributed by atoms with Gasteiger partial charge >= 0.3 is 14.1 Å². The van der Waals surface area contributed by atoms with Crippen LogP contribution in [0, 0.1) is 0 Å². The SMILES string of the molecule is CN1CC(C)(C)OB1c1ccc2ccccc2c1-c1c(B2OC(C)(C)CN2C)ccc2ccccc12. The van der Waals surface area contributed by atoms with Crippen LogP contribution in [-0.2, 0) is 9.31 Å². The monoisotopic (exact) mass is 476 g/mol. The molecule has 2 aliphatic heterocycles. The number of benzene rings is 4. The van der Waals surface area contributed by atoms with E-state index in [0.29, 0.717) is 0 Å². The summed E-state index contributed by atoms with van der Waals surface area (Å²) in [6, 6.07) is 26.5. The fraction of sp³-hybridized carbons (Fsp3) is 0.333. The number of fused-ring (bicyclic) bond motifs is 2. The van der Waals surface area contributed by atoms with Gasteiger partial charge in [0.25, 0.3) is 0 Å². The van der Waals surface area contributed by atoms with Crippen LogP contribution >= 0.6 is 0 Å². The first-order valence-electron chi connectivity index (χ1n) is 12.9. The lowest BCUT2D eigenvalue weighted by Crippen LogP contribution is -2.46. The van der Waals surface area contributed by atoms with Crippen molar-refractivity contribution in [2.24, 2.45) is 0 Å². The highest BCUT2D eigenvalue weighted by Crippen LogP contribution is 2.35. The summed E-state index contributed by atoms with van der Waals surface area (Å²) in [4.78, 5) is 4.67. The summed E-state index contributed by atoms with van der Waals surface area (Å²) in [6.45, 7) is 10.5. The van der Waals surface area contributed by atoms with Crippen molar-refractivity contribution in [1.29, 1.82) is 0 Å². The largest absolute Gasteiger partial charge is 0.419 e. The average Bonchev–Trinajstić information content (AvgIpc) is 3.28. The van der Waals surface area contributed by atoms with E-state index in [2.05, 4.69) is 124 Å². The van der Waals surface area contributed by atoms with E-state index in [9.17, 15) is 0 Å². The van der Waals surface area contributed by atoms with Crippen LogP contribution in [0.15, 0.2) is 72.8 Å². The molecule has 0 aromatic heterocycles. The van der Waals surface area contributed by atoms with Crippen LogP contribution in [0.5, 0.6) is 0 Å². The Morgan fingerprint density at radius 2 is 0.972 bits per heavy atom. The summed E-state index contributed by atoms with van der Waals surface area (Å²) < 4.78 is 13.3. The molecule has 0 bridgehead atoms. The van der Waals surface area contributed by atoms with Gasteiger partial charge in [-0.15, -0.1) is 0 Å². The molecule has 2 saturated heterocycles. The summed E-state index contributed by atoms with van der Waals surface area (Å²) in [5.74, 6) is 0. The van der Waals surface area contributed by atoms with Gasteiger partial charge in [0, 0.05) is 13.1 Å². The number of rotatable bonds is 3. The molecule has 6 rings (SSSR count). The zero-order chi connectivity index (χ0) is 25.2. The van der Waals surface area contributed by atoms with Gasteiger partial charge in [-0.1, -0.05) is 72.8 Å². The minimum atomic E-state index is -0.206. The highest BCUT2D eigenvalue weighted by molar-refractivity contribution is 6.70. The van der Waals surface area contributed by atoms with Crippen molar-refractivity contribution in [2.45, 2.75) is 38.9 Å². The van der Waals surface area contributed by atoms with E-state index in [0.717, 1.165) is 13.1 Å². The summed E-state index contributed by atoms with van der Waals surface area (Å²) in [7, 11) is 4.09. The molecule has 36 heavy (non-hydrogen) atoms. The lowest BCUT2D eigenvalue weighted by Gasteiger charge is -2.25. The Hall–Kier alpha value is -2.63. The smallest absolute Gasteiger partial charge is 0.411 e. The third-order valence-electron chi connectivity index (χ3n) is 7.63. The van der Waals surface area contributed by atoms with Gasteiger partial charge in [-0.05, 0) is 85.4 Å². The summed E-state index contributed by atoms with van der Waals surface area (Å²) in [5.41, 5.74) is 4.50. The zero-order valence-electron chi connectivity index (χ0n) is 22.2. The highest BCUT2D eigenvalue weighted by atomic mass is 16.5. The van der Waals surface area contributed by atoms with Gasteiger partial charge in [-0.3, -0.25) is 0 Å². The molecule has 4 aromatic rings. The molecule has 2 fully saturated rings. The van der Waals surface area contributed by atoms with Crippen molar-refractivity contribution in [3.63, 3.8) is 0 Å². The molecular weight excluding hydrogens is 442 g/mol. The van der Waals surface area contributed by atoms with Crippen molar-refractivity contribution < 1.29 is 9.31 Å². The van der Waals surface area contributed by atoms with E-state index in [1.165, 1.54) is 43.6 Å². The van der Waals surface area contributed by atoms with E-state index in [1.807, 2.05) is 0 Å². The third-order valence-corrected chi connectivity index (χ3v) is 7.63. The number of likely N-dealkylation sites (N-methyl/N-ethyl adjacent to an activating group) is 2. The molecule has 2 aliphatic rings. The minimum Gasteiger partial charge on any atom is -0.411 e. The molecule has 0 amide bonds. The molecule has 0 spiro atoms. The van der Waals surface area contributed by atoms with Crippen LogP contribution in [0.25, 0.3) is 32.7 Å². The maximum absolute atomic E-state index is 6.67. The van der Waals surface area contributed by atoms with Crippen LogP contribution < -0.4 is 10.9 Å². The van der Waals surface area contributed by atoms with Crippen molar-refractivity contribution in [3.8, 4) is 11.1 Å². The van der Waals surface area contributed by atoms with Gasteiger partial charge in [-0.2, -0.15) is 0 Å². The second-order valence-corrected chi connectivity index (χ2v) is 11.8. The molecule has 0 N–H and O–H groups in total. The predicted octanol–water partition coefficient (Wildman–Crippen LogP) is 4.53.